The number of aryl methyl sites for hydroxylation is 1. The Morgan fingerprint density at radius 1 is 0.917 bits per heavy atom. The number of rotatable bonds is 7. The Hall–Kier alpha value is -2.00. The summed E-state index contributed by atoms with van der Waals surface area (Å²) in [6, 6.07) is 14.4. The van der Waals surface area contributed by atoms with Crippen molar-refractivity contribution in [2.45, 2.75) is 39.7 Å². The minimum absolute atomic E-state index is 0.0571. The average Bonchev–Trinajstić information content (AvgIpc) is 2.53. The fourth-order valence-corrected chi connectivity index (χ4v) is 2.64. The molecule has 1 N–H and O–H groups in total. The molecule has 0 unspecified atom stereocenters. The minimum Gasteiger partial charge on any atom is -0.490 e. The predicted octanol–water partition coefficient (Wildman–Crippen LogP) is 4.47. The van der Waals surface area contributed by atoms with Gasteiger partial charge in [0.2, 0.25) is 0 Å². The molecule has 0 saturated heterocycles. The van der Waals surface area contributed by atoms with Gasteiger partial charge < -0.3 is 14.8 Å². The lowest BCUT2D eigenvalue weighted by Crippen LogP contribution is -2.16. The highest BCUT2D eigenvalue weighted by Gasteiger charge is 2.19. The SMILES string of the molecule is CNCc1ccccc1OCCOc1ccc(C)cc1C(C)(C)C. The summed E-state index contributed by atoms with van der Waals surface area (Å²) in [5, 5.41) is 3.16. The fraction of sp³-hybridized carbons (Fsp3) is 0.429. The summed E-state index contributed by atoms with van der Waals surface area (Å²) < 4.78 is 11.9. The van der Waals surface area contributed by atoms with Crippen LogP contribution in [0.15, 0.2) is 42.5 Å². The molecule has 2 rings (SSSR count). The first-order valence-electron chi connectivity index (χ1n) is 8.51. The Morgan fingerprint density at radius 2 is 1.58 bits per heavy atom. The minimum atomic E-state index is 0.0571. The molecule has 24 heavy (non-hydrogen) atoms. The molecule has 0 aliphatic rings. The molecule has 3 nitrogen and oxygen atoms in total. The van der Waals surface area contributed by atoms with Crippen LogP contribution < -0.4 is 14.8 Å². The molecular weight excluding hydrogens is 298 g/mol. The van der Waals surface area contributed by atoms with Crippen LogP contribution in [0.5, 0.6) is 11.5 Å². The summed E-state index contributed by atoms with van der Waals surface area (Å²) in [7, 11) is 1.94. The summed E-state index contributed by atoms with van der Waals surface area (Å²) >= 11 is 0. The van der Waals surface area contributed by atoms with E-state index in [0.717, 1.165) is 23.6 Å². The van der Waals surface area contributed by atoms with Crippen molar-refractivity contribution in [3.8, 4) is 11.5 Å². The molecule has 0 aliphatic carbocycles. The van der Waals surface area contributed by atoms with Gasteiger partial charge in [0.05, 0.1) is 0 Å². The Kier molecular flexibility index (Phi) is 6.27. The number of hydrogen-bond donors (Lipinski definition) is 1. The zero-order valence-electron chi connectivity index (χ0n) is 15.5. The highest BCUT2D eigenvalue weighted by Crippen LogP contribution is 2.32. The van der Waals surface area contributed by atoms with Crippen molar-refractivity contribution in [3.05, 3.63) is 59.2 Å². The normalized spacial score (nSPS) is 11.4. The second-order valence-corrected chi connectivity index (χ2v) is 7.08. The lowest BCUT2D eigenvalue weighted by Gasteiger charge is -2.23. The van der Waals surface area contributed by atoms with Crippen molar-refractivity contribution in [2.75, 3.05) is 20.3 Å². The molecule has 0 spiro atoms. The van der Waals surface area contributed by atoms with Gasteiger partial charge in [-0.1, -0.05) is 56.7 Å². The Morgan fingerprint density at radius 3 is 2.25 bits per heavy atom. The fourth-order valence-electron chi connectivity index (χ4n) is 2.64. The molecule has 0 amide bonds. The van der Waals surface area contributed by atoms with Crippen LogP contribution in [0, 0.1) is 6.92 Å². The molecule has 0 bridgehead atoms. The molecule has 2 aromatic rings. The van der Waals surface area contributed by atoms with Crippen molar-refractivity contribution in [2.24, 2.45) is 0 Å². The van der Waals surface area contributed by atoms with E-state index in [9.17, 15) is 0 Å². The quantitative estimate of drug-likeness (QED) is 0.761. The maximum absolute atomic E-state index is 6.00. The van der Waals surface area contributed by atoms with Crippen LogP contribution in [0.3, 0.4) is 0 Å². The molecule has 0 aliphatic heterocycles. The number of nitrogens with one attached hydrogen (secondary N) is 1. The summed E-state index contributed by atoms with van der Waals surface area (Å²) in [5.74, 6) is 1.86. The summed E-state index contributed by atoms with van der Waals surface area (Å²) in [6.07, 6.45) is 0. The third kappa shape index (κ3) is 5.00. The van der Waals surface area contributed by atoms with E-state index in [1.165, 1.54) is 11.1 Å². The van der Waals surface area contributed by atoms with Gasteiger partial charge in [0.15, 0.2) is 0 Å². The van der Waals surface area contributed by atoms with Gasteiger partial charge in [-0.15, -0.1) is 0 Å². The van der Waals surface area contributed by atoms with Gasteiger partial charge in [0.1, 0.15) is 24.7 Å². The zero-order valence-corrected chi connectivity index (χ0v) is 15.5. The van der Waals surface area contributed by atoms with Crippen LogP contribution in [0.1, 0.15) is 37.5 Å². The Bertz CT molecular complexity index is 659. The van der Waals surface area contributed by atoms with Crippen molar-refractivity contribution in [3.63, 3.8) is 0 Å². The predicted molar refractivity (Wildman–Crippen MR) is 100 cm³/mol. The van der Waals surface area contributed by atoms with Gasteiger partial charge in [-0.2, -0.15) is 0 Å². The lowest BCUT2D eigenvalue weighted by atomic mass is 9.85. The third-order valence-electron chi connectivity index (χ3n) is 3.88. The van der Waals surface area contributed by atoms with Gasteiger partial charge in [-0.3, -0.25) is 0 Å². The van der Waals surface area contributed by atoms with Crippen LogP contribution in [0.2, 0.25) is 0 Å². The molecule has 0 aromatic heterocycles. The van der Waals surface area contributed by atoms with Crippen molar-refractivity contribution >= 4 is 0 Å². The van der Waals surface area contributed by atoms with E-state index in [0.29, 0.717) is 13.2 Å². The molecule has 2 aromatic carbocycles. The molecule has 0 saturated carbocycles. The summed E-state index contributed by atoms with van der Waals surface area (Å²) in [5.41, 5.74) is 3.70. The molecule has 0 atom stereocenters. The molecular formula is C21H29NO2. The van der Waals surface area contributed by atoms with E-state index >= 15 is 0 Å². The number of para-hydroxylation sites is 1. The van der Waals surface area contributed by atoms with Crippen LogP contribution in [0.25, 0.3) is 0 Å². The van der Waals surface area contributed by atoms with Gasteiger partial charge >= 0.3 is 0 Å². The maximum Gasteiger partial charge on any atom is 0.123 e. The topological polar surface area (TPSA) is 30.5 Å². The molecule has 3 heteroatoms. The monoisotopic (exact) mass is 327 g/mol. The van der Waals surface area contributed by atoms with E-state index in [1.807, 2.05) is 25.2 Å². The Labute approximate surface area is 146 Å². The number of ether oxygens (including phenoxy) is 2. The van der Waals surface area contributed by atoms with E-state index in [2.05, 4.69) is 57.3 Å². The zero-order chi connectivity index (χ0) is 17.6. The van der Waals surface area contributed by atoms with Crippen LogP contribution in [0.4, 0.5) is 0 Å². The van der Waals surface area contributed by atoms with E-state index in [-0.39, 0.29) is 5.41 Å². The smallest absolute Gasteiger partial charge is 0.123 e. The number of benzene rings is 2. The Balaban J connectivity index is 1.96. The molecule has 130 valence electrons. The largest absolute Gasteiger partial charge is 0.490 e. The van der Waals surface area contributed by atoms with Crippen molar-refractivity contribution in [1.82, 2.24) is 5.32 Å². The van der Waals surface area contributed by atoms with Crippen LogP contribution in [-0.4, -0.2) is 20.3 Å². The standard InChI is InChI=1S/C21H29NO2/c1-16-10-11-20(18(14-16)21(2,3)4)24-13-12-23-19-9-7-6-8-17(19)15-22-5/h6-11,14,22H,12-13,15H2,1-5H3. The van der Waals surface area contributed by atoms with Crippen molar-refractivity contribution in [1.29, 1.82) is 0 Å². The molecule has 0 heterocycles. The average molecular weight is 327 g/mol. The highest BCUT2D eigenvalue weighted by molar-refractivity contribution is 5.41. The first-order valence-corrected chi connectivity index (χ1v) is 8.51. The van der Waals surface area contributed by atoms with Gasteiger partial charge in [0.25, 0.3) is 0 Å². The van der Waals surface area contributed by atoms with Crippen LogP contribution in [-0.2, 0) is 12.0 Å². The van der Waals surface area contributed by atoms with Crippen LogP contribution >= 0.6 is 0 Å². The first-order chi connectivity index (χ1) is 11.4. The summed E-state index contributed by atoms with van der Waals surface area (Å²) in [6.45, 7) is 10.6. The van der Waals surface area contributed by atoms with E-state index in [1.54, 1.807) is 0 Å². The van der Waals surface area contributed by atoms with Gasteiger partial charge in [-0.25, -0.2) is 0 Å². The second kappa shape index (κ2) is 8.20. The maximum atomic E-state index is 6.00. The molecule has 0 fully saturated rings. The summed E-state index contributed by atoms with van der Waals surface area (Å²) in [4.78, 5) is 0. The second-order valence-electron chi connectivity index (χ2n) is 7.08. The number of hydrogen-bond acceptors (Lipinski definition) is 3. The third-order valence-corrected chi connectivity index (χ3v) is 3.88. The van der Waals surface area contributed by atoms with E-state index < -0.39 is 0 Å². The van der Waals surface area contributed by atoms with Crippen molar-refractivity contribution < 1.29 is 9.47 Å². The van der Waals surface area contributed by atoms with E-state index in [4.69, 9.17) is 9.47 Å². The van der Waals surface area contributed by atoms with Gasteiger partial charge in [0, 0.05) is 12.1 Å². The first kappa shape index (κ1) is 18.3. The highest BCUT2D eigenvalue weighted by atomic mass is 16.5. The molecule has 0 radical (unpaired) electrons. The lowest BCUT2D eigenvalue weighted by molar-refractivity contribution is 0.213. The van der Waals surface area contributed by atoms with Gasteiger partial charge in [-0.05, 0) is 37.1 Å².